The Balaban J connectivity index is -0.000000605. The standard InChI is InChI=1S/C3H5F3O5S.Li.H/c1-2-9-12(7,8)11-10-3(4,5)6;;/h2H2,1H3;;/q;+1;-1. The summed E-state index contributed by atoms with van der Waals surface area (Å²) in [6.07, 6.45) is -5.18. The first-order valence-electron chi connectivity index (χ1n) is 2.60. The van der Waals surface area contributed by atoms with Gasteiger partial charge in [-0.3, -0.25) is 0 Å². The third-order valence-corrected chi connectivity index (χ3v) is 1.23. The molecule has 0 fully saturated rings. The van der Waals surface area contributed by atoms with Crippen molar-refractivity contribution in [2.75, 3.05) is 6.61 Å². The fraction of sp³-hybridized carbons (Fsp3) is 1.00. The van der Waals surface area contributed by atoms with Gasteiger partial charge in [0.05, 0.1) is 6.61 Å². The molecule has 0 aromatic carbocycles. The first-order chi connectivity index (χ1) is 5.27. The molecule has 0 spiro atoms. The molecule has 0 aliphatic heterocycles. The van der Waals surface area contributed by atoms with E-state index >= 15 is 0 Å². The Morgan fingerprint density at radius 2 is 1.85 bits per heavy atom. The van der Waals surface area contributed by atoms with Crippen LogP contribution in [0, 0.1) is 0 Å². The predicted octanol–water partition coefficient (Wildman–Crippen LogP) is -2.15. The van der Waals surface area contributed by atoms with Crippen LogP contribution in [-0.4, -0.2) is 21.4 Å². The van der Waals surface area contributed by atoms with Crippen LogP contribution in [0.1, 0.15) is 8.35 Å². The third-order valence-electron chi connectivity index (χ3n) is 0.474. The minimum absolute atomic E-state index is 0. The van der Waals surface area contributed by atoms with Crippen LogP contribution in [0.5, 0.6) is 0 Å². The van der Waals surface area contributed by atoms with E-state index in [1.54, 1.807) is 0 Å². The molecule has 0 aliphatic rings. The van der Waals surface area contributed by atoms with Gasteiger partial charge in [0.2, 0.25) is 0 Å². The van der Waals surface area contributed by atoms with E-state index in [4.69, 9.17) is 0 Å². The molecule has 0 N–H and O–H groups in total. The summed E-state index contributed by atoms with van der Waals surface area (Å²) in [6, 6.07) is 0. The number of halogens is 3. The first-order valence-corrected chi connectivity index (χ1v) is 3.93. The van der Waals surface area contributed by atoms with Gasteiger partial charge in [0.15, 0.2) is 0 Å². The Morgan fingerprint density at radius 3 is 2.15 bits per heavy atom. The van der Waals surface area contributed by atoms with Crippen LogP contribution in [-0.2, 0) is 23.8 Å². The molecule has 0 saturated heterocycles. The summed E-state index contributed by atoms with van der Waals surface area (Å²) < 4.78 is 60.6. The van der Waals surface area contributed by atoms with Crippen LogP contribution in [0.4, 0.5) is 13.2 Å². The van der Waals surface area contributed by atoms with Gasteiger partial charge < -0.3 is 1.43 Å². The van der Waals surface area contributed by atoms with E-state index in [9.17, 15) is 21.6 Å². The second-order valence-electron chi connectivity index (χ2n) is 1.41. The molecule has 0 saturated carbocycles. The number of alkyl halides is 3. The molecule has 5 nitrogen and oxygen atoms in total. The van der Waals surface area contributed by atoms with Crippen molar-refractivity contribution in [2.24, 2.45) is 0 Å². The number of rotatable bonds is 4. The zero-order chi connectivity index (χ0) is 9.83. The monoisotopic (exact) mass is 218 g/mol. The van der Waals surface area contributed by atoms with Crippen molar-refractivity contribution in [1.29, 1.82) is 0 Å². The van der Waals surface area contributed by atoms with E-state index in [1.807, 2.05) is 0 Å². The first kappa shape index (κ1) is 15.7. The molecule has 0 amide bonds. The molecule has 0 rings (SSSR count). The van der Waals surface area contributed by atoms with Gasteiger partial charge in [0.1, 0.15) is 0 Å². The molecule has 0 radical (unpaired) electrons. The number of hydrogen-bond acceptors (Lipinski definition) is 5. The Kier molecular flexibility index (Phi) is 7.05. The molecule has 0 heterocycles. The zero-order valence-corrected chi connectivity index (χ0v) is 7.61. The Labute approximate surface area is 86.1 Å². The average molecular weight is 218 g/mol. The molecule has 0 unspecified atom stereocenters. The molecule has 0 aromatic heterocycles. The van der Waals surface area contributed by atoms with Gasteiger partial charge >= 0.3 is 35.6 Å². The van der Waals surface area contributed by atoms with Gasteiger partial charge in [0.25, 0.3) is 0 Å². The van der Waals surface area contributed by atoms with Gasteiger partial charge in [-0.15, -0.1) is 18.1 Å². The second kappa shape index (κ2) is 5.85. The van der Waals surface area contributed by atoms with E-state index in [0.717, 1.165) is 0 Å². The quantitative estimate of drug-likeness (QED) is 0.306. The smallest absolute Gasteiger partial charge is 1.00 e. The van der Waals surface area contributed by atoms with Crippen molar-refractivity contribution in [1.82, 2.24) is 0 Å². The van der Waals surface area contributed by atoms with Crippen LogP contribution >= 0.6 is 0 Å². The summed E-state index contributed by atoms with van der Waals surface area (Å²) in [5.41, 5.74) is 0. The van der Waals surface area contributed by atoms with Crippen LogP contribution < -0.4 is 18.9 Å². The maximum absolute atomic E-state index is 11.2. The van der Waals surface area contributed by atoms with Crippen molar-refractivity contribution >= 4 is 10.4 Å². The van der Waals surface area contributed by atoms with Crippen molar-refractivity contribution in [3.8, 4) is 0 Å². The summed E-state index contributed by atoms with van der Waals surface area (Å²) in [4.78, 5) is 2.53. The van der Waals surface area contributed by atoms with Crippen LogP contribution in [0.2, 0.25) is 0 Å². The van der Waals surface area contributed by atoms with E-state index in [2.05, 4.69) is 13.4 Å². The molecule has 0 aromatic rings. The average Bonchev–Trinajstić information content (AvgIpc) is 1.83. The van der Waals surface area contributed by atoms with Gasteiger partial charge in [-0.2, -0.15) is 8.42 Å². The van der Waals surface area contributed by atoms with Crippen molar-refractivity contribution < 1.29 is 55.3 Å². The normalized spacial score (nSPS) is 12.3. The zero-order valence-electron chi connectivity index (χ0n) is 7.79. The predicted molar refractivity (Wildman–Crippen MR) is 29.9 cm³/mol. The van der Waals surface area contributed by atoms with Gasteiger partial charge in [-0.05, 0) is 6.92 Å². The topological polar surface area (TPSA) is 61.8 Å². The second-order valence-corrected chi connectivity index (χ2v) is 2.60. The van der Waals surface area contributed by atoms with E-state index in [1.165, 1.54) is 6.92 Å². The largest absolute Gasteiger partial charge is 1.00 e. The SMILES string of the molecule is CCOS(=O)(=O)OOC(F)(F)F.[H-].[Li+]. The third kappa shape index (κ3) is 10.1. The molecule has 0 aliphatic carbocycles. The molecule has 76 valence electrons. The summed E-state index contributed by atoms with van der Waals surface area (Å²) in [6.45, 7) is 0.915. The fourth-order valence-corrected chi connectivity index (χ4v) is 0.733. The summed E-state index contributed by atoms with van der Waals surface area (Å²) in [5.74, 6) is 0. The van der Waals surface area contributed by atoms with Crippen molar-refractivity contribution in [3.63, 3.8) is 0 Å². The summed E-state index contributed by atoms with van der Waals surface area (Å²) in [5, 5.41) is 0. The Morgan fingerprint density at radius 1 is 1.38 bits per heavy atom. The van der Waals surface area contributed by atoms with Crippen molar-refractivity contribution in [2.45, 2.75) is 13.3 Å². The van der Waals surface area contributed by atoms with Crippen LogP contribution in [0.3, 0.4) is 0 Å². The minimum atomic E-state index is -5.18. The van der Waals surface area contributed by atoms with Gasteiger partial charge in [0, 0.05) is 0 Å². The van der Waals surface area contributed by atoms with Gasteiger partial charge in [-0.25, -0.2) is 4.18 Å². The molecule has 10 heteroatoms. The van der Waals surface area contributed by atoms with Gasteiger partial charge in [-0.1, -0.05) is 4.33 Å². The molecular formula is C3H6F3LiO5S. The molecule has 0 bridgehead atoms. The molecular weight excluding hydrogens is 212 g/mol. The van der Waals surface area contributed by atoms with Crippen molar-refractivity contribution in [3.05, 3.63) is 0 Å². The Hall–Kier alpha value is 0.217. The maximum atomic E-state index is 11.2. The fourth-order valence-electron chi connectivity index (χ4n) is 0.244. The molecule has 13 heavy (non-hydrogen) atoms. The maximum Gasteiger partial charge on any atom is 1.00 e. The van der Waals surface area contributed by atoms with Crippen LogP contribution in [0.15, 0.2) is 0 Å². The Bertz CT molecular complexity index is 229. The summed E-state index contributed by atoms with van der Waals surface area (Å²) in [7, 11) is -4.71. The number of hydrogen-bond donors (Lipinski definition) is 0. The van der Waals surface area contributed by atoms with Crippen LogP contribution in [0.25, 0.3) is 0 Å². The van der Waals surface area contributed by atoms with E-state index in [0.29, 0.717) is 0 Å². The minimum Gasteiger partial charge on any atom is -1.00 e. The molecule has 0 atom stereocenters. The van der Waals surface area contributed by atoms with E-state index < -0.39 is 16.8 Å². The van der Waals surface area contributed by atoms with E-state index in [-0.39, 0.29) is 26.9 Å². The summed E-state index contributed by atoms with van der Waals surface area (Å²) >= 11 is 0.